The van der Waals surface area contributed by atoms with Crippen LogP contribution in [0.25, 0.3) is 105 Å². The van der Waals surface area contributed by atoms with Crippen LogP contribution in [0.1, 0.15) is 0 Å². The number of fused-ring (bicyclic) bond motifs is 3. The van der Waals surface area contributed by atoms with Gasteiger partial charge in [-0.2, -0.15) is 0 Å². The molecule has 0 fully saturated rings. The Morgan fingerprint density at radius 2 is 0.906 bits per heavy atom. The molecule has 246 valence electrons. The van der Waals surface area contributed by atoms with Crippen molar-refractivity contribution in [2.45, 2.75) is 0 Å². The molecule has 4 nitrogen and oxygen atoms in total. The van der Waals surface area contributed by atoms with Gasteiger partial charge in [0.05, 0.1) is 22.4 Å². The summed E-state index contributed by atoms with van der Waals surface area (Å²) < 4.78 is 2.35. The number of hydrogen-bond acceptors (Lipinski definition) is 3. The van der Waals surface area contributed by atoms with E-state index in [0.29, 0.717) is 5.82 Å². The molecule has 0 saturated carbocycles. The maximum atomic E-state index is 5.31. The predicted octanol–water partition coefficient (Wildman–Crippen LogP) is 12.5. The second kappa shape index (κ2) is 11.7. The van der Waals surface area contributed by atoms with Crippen molar-refractivity contribution in [2.75, 3.05) is 0 Å². The van der Waals surface area contributed by atoms with Crippen LogP contribution < -0.4 is 0 Å². The van der Waals surface area contributed by atoms with E-state index < -0.39 is 0 Å². The standard InChI is InChI=1S/C49H30N4/c1-3-10-45-39(8-1)40-9-2-4-11-46(40)53(45)38-22-18-34(19-23-38)44-30-43(33-14-12-31(13-15-33)32-26-28-50-29-27-32)51-49(52-44)42-25-21-37-17-16-35-6-5-7-36-20-24-41(42)48(37)47(35)36/h1-30H. The highest BCUT2D eigenvalue weighted by molar-refractivity contribution is 6.25. The van der Waals surface area contributed by atoms with Gasteiger partial charge in [-0.3, -0.25) is 4.98 Å². The van der Waals surface area contributed by atoms with Gasteiger partial charge in [0.2, 0.25) is 0 Å². The van der Waals surface area contributed by atoms with E-state index in [1.54, 1.807) is 0 Å². The molecule has 3 heterocycles. The summed E-state index contributed by atoms with van der Waals surface area (Å²) >= 11 is 0. The number of nitrogens with zero attached hydrogens (tertiary/aromatic N) is 4. The minimum absolute atomic E-state index is 0.708. The molecule has 53 heavy (non-hydrogen) atoms. The summed E-state index contributed by atoms with van der Waals surface area (Å²) in [5, 5.41) is 9.90. The minimum atomic E-state index is 0.708. The lowest BCUT2D eigenvalue weighted by Gasteiger charge is -2.15. The molecule has 0 aliphatic heterocycles. The fraction of sp³-hybridized carbons (Fsp3) is 0. The topological polar surface area (TPSA) is 43.6 Å². The van der Waals surface area contributed by atoms with Gasteiger partial charge >= 0.3 is 0 Å². The van der Waals surface area contributed by atoms with Crippen molar-refractivity contribution in [3.8, 4) is 50.7 Å². The first-order chi connectivity index (χ1) is 26.3. The third-order valence-electron chi connectivity index (χ3n) is 10.7. The van der Waals surface area contributed by atoms with E-state index >= 15 is 0 Å². The molecule has 0 atom stereocenters. The van der Waals surface area contributed by atoms with Crippen LogP contribution >= 0.6 is 0 Å². The molecule has 0 aliphatic carbocycles. The molecule has 0 unspecified atom stereocenters. The van der Waals surface area contributed by atoms with Crippen molar-refractivity contribution in [2.24, 2.45) is 0 Å². The first kappa shape index (κ1) is 29.5. The maximum Gasteiger partial charge on any atom is 0.161 e. The third kappa shape index (κ3) is 4.73. The van der Waals surface area contributed by atoms with E-state index in [9.17, 15) is 0 Å². The fourth-order valence-electron chi connectivity index (χ4n) is 8.15. The normalized spacial score (nSPS) is 11.8. The van der Waals surface area contributed by atoms with E-state index in [1.807, 2.05) is 24.5 Å². The largest absolute Gasteiger partial charge is 0.309 e. The summed E-state index contributed by atoms with van der Waals surface area (Å²) in [6, 6.07) is 60.7. The molecule has 0 bridgehead atoms. The van der Waals surface area contributed by atoms with Crippen LogP contribution in [0.2, 0.25) is 0 Å². The van der Waals surface area contributed by atoms with Gasteiger partial charge in [0.25, 0.3) is 0 Å². The lowest BCUT2D eigenvalue weighted by Crippen LogP contribution is -1.98. The molecular formula is C49H30N4. The van der Waals surface area contributed by atoms with Crippen molar-refractivity contribution in [1.82, 2.24) is 19.5 Å². The zero-order valence-electron chi connectivity index (χ0n) is 28.6. The molecule has 11 aromatic rings. The summed E-state index contributed by atoms with van der Waals surface area (Å²) in [5.41, 5.74) is 10.6. The summed E-state index contributed by atoms with van der Waals surface area (Å²) in [6.07, 6.45) is 3.66. The molecule has 0 saturated heterocycles. The highest BCUT2D eigenvalue weighted by Crippen LogP contribution is 2.40. The van der Waals surface area contributed by atoms with Gasteiger partial charge in [-0.15, -0.1) is 0 Å². The van der Waals surface area contributed by atoms with E-state index in [1.165, 1.54) is 48.7 Å². The van der Waals surface area contributed by atoms with Crippen LogP contribution in [0.15, 0.2) is 182 Å². The van der Waals surface area contributed by atoms with E-state index in [0.717, 1.165) is 50.3 Å². The Balaban J connectivity index is 1.09. The van der Waals surface area contributed by atoms with Gasteiger partial charge in [-0.25, -0.2) is 9.97 Å². The van der Waals surface area contributed by atoms with Crippen LogP contribution in [0, 0.1) is 0 Å². The van der Waals surface area contributed by atoms with Crippen LogP contribution in [0.3, 0.4) is 0 Å². The molecule has 4 heteroatoms. The Kier molecular flexibility index (Phi) is 6.52. The number of benzene rings is 8. The summed E-state index contributed by atoms with van der Waals surface area (Å²) in [6.45, 7) is 0. The second-order valence-electron chi connectivity index (χ2n) is 13.7. The minimum Gasteiger partial charge on any atom is -0.309 e. The molecule has 11 rings (SSSR count). The van der Waals surface area contributed by atoms with Crippen molar-refractivity contribution < 1.29 is 0 Å². The van der Waals surface area contributed by atoms with Crippen molar-refractivity contribution in [3.05, 3.63) is 182 Å². The van der Waals surface area contributed by atoms with Crippen LogP contribution in [0.5, 0.6) is 0 Å². The lowest BCUT2D eigenvalue weighted by atomic mass is 9.91. The Morgan fingerprint density at radius 1 is 0.377 bits per heavy atom. The summed E-state index contributed by atoms with van der Waals surface area (Å²) in [5.74, 6) is 0.708. The average Bonchev–Trinajstić information content (AvgIpc) is 3.57. The predicted molar refractivity (Wildman–Crippen MR) is 220 cm³/mol. The van der Waals surface area contributed by atoms with Gasteiger partial charge in [0.1, 0.15) is 0 Å². The molecular weight excluding hydrogens is 645 g/mol. The van der Waals surface area contributed by atoms with Crippen LogP contribution in [-0.4, -0.2) is 19.5 Å². The first-order valence-corrected chi connectivity index (χ1v) is 17.9. The highest BCUT2D eigenvalue weighted by atomic mass is 15.0. The van der Waals surface area contributed by atoms with Gasteiger partial charge in [-0.05, 0) is 92.0 Å². The zero-order valence-corrected chi connectivity index (χ0v) is 28.6. The van der Waals surface area contributed by atoms with Crippen molar-refractivity contribution in [3.63, 3.8) is 0 Å². The number of para-hydroxylation sites is 2. The third-order valence-corrected chi connectivity index (χ3v) is 10.7. The Labute approximate surface area is 305 Å². The second-order valence-corrected chi connectivity index (χ2v) is 13.7. The molecule has 0 aliphatic rings. The molecule has 8 aromatic carbocycles. The van der Waals surface area contributed by atoms with Gasteiger partial charge < -0.3 is 4.57 Å². The molecule has 3 aromatic heterocycles. The number of pyridine rings is 1. The quantitative estimate of drug-likeness (QED) is 0.171. The number of aromatic nitrogens is 4. The molecule has 0 spiro atoms. The first-order valence-electron chi connectivity index (χ1n) is 17.9. The summed E-state index contributed by atoms with van der Waals surface area (Å²) in [7, 11) is 0. The highest BCUT2D eigenvalue weighted by Gasteiger charge is 2.17. The van der Waals surface area contributed by atoms with Gasteiger partial charge in [0, 0.05) is 45.5 Å². The molecule has 0 amide bonds. The maximum absolute atomic E-state index is 5.31. The van der Waals surface area contributed by atoms with Crippen LogP contribution in [-0.2, 0) is 0 Å². The van der Waals surface area contributed by atoms with Gasteiger partial charge in [-0.1, -0.05) is 121 Å². The lowest BCUT2D eigenvalue weighted by molar-refractivity contribution is 1.17. The van der Waals surface area contributed by atoms with Crippen molar-refractivity contribution in [1.29, 1.82) is 0 Å². The number of rotatable bonds is 5. The Bertz CT molecular complexity index is 3070. The number of hydrogen-bond donors (Lipinski definition) is 0. The molecule has 0 radical (unpaired) electrons. The summed E-state index contributed by atoms with van der Waals surface area (Å²) in [4.78, 5) is 14.8. The van der Waals surface area contributed by atoms with Crippen molar-refractivity contribution >= 4 is 54.1 Å². The molecule has 0 N–H and O–H groups in total. The zero-order chi connectivity index (χ0) is 34.9. The monoisotopic (exact) mass is 674 g/mol. The van der Waals surface area contributed by atoms with Crippen LogP contribution in [0.4, 0.5) is 0 Å². The Morgan fingerprint density at radius 3 is 1.57 bits per heavy atom. The Hall–Kier alpha value is -7.17. The SMILES string of the molecule is c1cc2ccc3ccc(-c4nc(-c5ccc(-c6ccncc6)cc5)cc(-c5ccc(-n6c7ccccc7c7ccccc76)cc5)n4)c4ccc(c1)c2c34. The van der Waals surface area contributed by atoms with Gasteiger partial charge in [0.15, 0.2) is 5.82 Å². The fourth-order valence-corrected chi connectivity index (χ4v) is 8.15. The van der Waals surface area contributed by atoms with E-state index in [4.69, 9.17) is 9.97 Å². The van der Waals surface area contributed by atoms with E-state index in [-0.39, 0.29) is 0 Å². The van der Waals surface area contributed by atoms with E-state index in [2.05, 4.69) is 167 Å². The average molecular weight is 675 g/mol. The smallest absolute Gasteiger partial charge is 0.161 e.